The summed E-state index contributed by atoms with van der Waals surface area (Å²) in [6.45, 7) is 3.86. The predicted octanol–water partition coefficient (Wildman–Crippen LogP) is 5.41. The summed E-state index contributed by atoms with van der Waals surface area (Å²) in [6.07, 6.45) is 1.44. The summed E-state index contributed by atoms with van der Waals surface area (Å²) in [7, 11) is 0. The SMILES string of the molecule is C=CCN(CC(=O)N(Cc1ccc(F)cc1)Cc1cccs1)C(=O)Nc1ccc(F)cc1F. The summed E-state index contributed by atoms with van der Waals surface area (Å²) in [4.78, 5) is 29.5. The number of halogens is 3. The molecular formula is C24H22F3N3O2S. The van der Waals surface area contributed by atoms with Crippen molar-refractivity contribution in [1.82, 2.24) is 9.80 Å². The number of nitrogens with one attached hydrogen (secondary N) is 1. The van der Waals surface area contributed by atoms with Crippen LogP contribution in [0.1, 0.15) is 10.4 Å². The minimum absolute atomic E-state index is 0.0315. The summed E-state index contributed by atoms with van der Waals surface area (Å²) in [5.74, 6) is -2.43. The molecule has 3 aromatic rings. The van der Waals surface area contributed by atoms with Crippen molar-refractivity contribution < 1.29 is 22.8 Å². The predicted molar refractivity (Wildman–Crippen MR) is 122 cm³/mol. The van der Waals surface area contributed by atoms with E-state index in [1.165, 1.54) is 34.4 Å². The number of nitrogens with zero attached hydrogens (tertiary/aromatic N) is 2. The highest BCUT2D eigenvalue weighted by Gasteiger charge is 2.22. The molecule has 1 aromatic heterocycles. The lowest BCUT2D eigenvalue weighted by atomic mass is 10.2. The average Bonchev–Trinajstić information content (AvgIpc) is 3.29. The molecular weight excluding hydrogens is 451 g/mol. The van der Waals surface area contributed by atoms with E-state index in [-0.39, 0.29) is 37.0 Å². The van der Waals surface area contributed by atoms with Crippen molar-refractivity contribution in [2.24, 2.45) is 0 Å². The summed E-state index contributed by atoms with van der Waals surface area (Å²) in [5.41, 5.74) is 0.527. The van der Waals surface area contributed by atoms with Gasteiger partial charge < -0.3 is 15.1 Å². The molecule has 172 valence electrons. The zero-order valence-electron chi connectivity index (χ0n) is 17.6. The molecule has 3 rings (SSSR count). The van der Waals surface area contributed by atoms with Gasteiger partial charge in [-0.1, -0.05) is 24.3 Å². The Morgan fingerprint density at radius 1 is 0.970 bits per heavy atom. The van der Waals surface area contributed by atoms with E-state index >= 15 is 0 Å². The van der Waals surface area contributed by atoms with Crippen molar-refractivity contribution in [3.05, 3.63) is 101 Å². The summed E-state index contributed by atoms with van der Waals surface area (Å²) in [5, 5.41) is 4.25. The van der Waals surface area contributed by atoms with Gasteiger partial charge in [0.1, 0.15) is 24.0 Å². The van der Waals surface area contributed by atoms with Crippen LogP contribution in [0.2, 0.25) is 0 Å². The maximum absolute atomic E-state index is 13.9. The van der Waals surface area contributed by atoms with Crippen molar-refractivity contribution >= 4 is 29.0 Å². The zero-order chi connectivity index (χ0) is 23.8. The molecule has 9 heteroatoms. The number of carbonyl (C=O) groups is 2. The lowest BCUT2D eigenvalue weighted by molar-refractivity contribution is -0.132. The maximum atomic E-state index is 13.9. The van der Waals surface area contributed by atoms with Gasteiger partial charge in [0, 0.05) is 24.0 Å². The molecule has 0 spiro atoms. The molecule has 0 saturated carbocycles. The Balaban J connectivity index is 1.75. The molecule has 0 aliphatic heterocycles. The lowest BCUT2D eigenvalue weighted by Crippen LogP contribution is -2.44. The van der Waals surface area contributed by atoms with Gasteiger partial charge in [0.2, 0.25) is 5.91 Å². The molecule has 33 heavy (non-hydrogen) atoms. The highest BCUT2D eigenvalue weighted by atomic mass is 32.1. The van der Waals surface area contributed by atoms with Crippen LogP contribution < -0.4 is 5.32 Å². The molecule has 0 fully saturated rings. The average molecular weight is 474 g/mol. The van der Waals surface area contributed by atoms with Gasteiger partial charge in [-0.3, -0.25) is 4.79 Å². The number of carbonyl (C=O) groups excluding carboxylic acids is 2. The second-order valence-electron chi connectivity index (χ2n) is 7.18. The third kappa shape index (κ3) is 6.95. The van der Waals surface area contributed by atoms with Crippen molar-refractivity contribution in [2.45, 2.75) is 13.1 Å². The van der Waals surface area contributed by atoms with E-state index in [1.807, 2.05) is 17.5 Å². The molecule has 0 aliphatic carbocycles. The van der Waals surface area contributed by atoms with E-state index in [1.54, 1.807) is 17.0 Å². The summed E-state index contributed by atoms with van der Waals surface area (Å²) >= 11 is 1.49. The first-order chi connectivity index (χ1) is 15.9. The molecule has 0 saturated heterocycles. The fourth-order valence-electron chi connectivity index (χ4n) is 3.06. The standard InChI is InChI=1S/C24H22F3N3O2S/c1-2-11-29(24(32)28-22-10-9-19(26)13-21(22)27)16-23(31)30(15-20-4-3-12-33-20)14-17-5-7-18(25)8-6-17/h2-10,12-13H,1,11,14-16H2,(H,28,32). The number of hydrogen-bond donors (Lipinski definition) is 1. The molecule has 1 heterocycles. The van der Waals surface area contributed by atoms with Gasteiger partial charge in [0.15, 0.2) is 0 Å². The van der Waals surface area contributed by atoms with Crippen LogP contribution in [-0.2, 0) is 17.9 Å². The largest absolute Gasteiger partial charge is 0.332 e. The Bertz CT molecular complexity index is 1100. The molecule has 0 atom stereocenters. The second kappa shape index (κ2) is 11.3. The minimum atomic E-state index is -0.927. The minimum Gasteiger partial charge on any atom is -0.332 e. The van der Waals surface area contributed by atoms with Gasteiger partial charge >= 0.3 is 6.03 Å². The van der Waals surface area contributed by atoms with E-state index in [4.69, 9.17) is 0 Å². The van der Waals surface area contributed by atoms with Gasteiger partial charge in [-0.05, 0) is 41.3 Å². The van der Waals surface area contributed by atoms with Crippen LogP contribution in [0.4, 0.5) is 23.7 Å². The first-order valence-electron chi connectivity index (χ1n) is 10.0. The molecule has 5 nitrogen and oxygen atoms in total. The van der Waals surface area contributed by atoms with Crippen LogP contribution in [0.15, 0.2) is 72.6 Å². The van der Waals surface area contributed by atoms with E-state index in [0.29, 0.717) is 12.6 Å². The second-order valence-corrected chi connectivity index (χ2v) is 8.21. The van der Waals surface area contributed by atoms with Crippen LogP contribution in [0.3, 0.4) is 0 Å². The fourth-order valence-corrected chi connectivity index (χ4v) is 3.78. The number of urea groups is 1. The molecule has 0 bridgehead atoms. The quantitative estimate of drug-likeness (QED) is 0.422. The van der Waals surface area contributed by atoms with E-state index in [9.17, 15) is 22.8 Å². The zero-order valence-corrected chi connectivity index (χ0v) is 18.5. The molecule has 1 N–H and O–H groups in total. The number of hydrogen-bond acceptors (Lipinski definition) is 3. The Morgan fingerprint density at radius 3 is 2.33 bits per heavy atom. The van der Waals surface area contributed by atoms with Gasteiger partial charge in [0.05, 0.1) is 12.2 Å². The number of benzene rings is 2. The molecule has 2 aromatic carbocycles. The molecule has 0 unspecified atom stereocenters. The first-order valence-corrected chi connectivity index (χ1v) is 10.9. The van der Waals surface area contributed by atoms with E-state index in [2.05, 4.69) is 11.9 Å². The highest BCUT2D eigenvalue weighted by Crippen LogP contribution is 2.17. The van der Waals surface area contributed by atoms with Crippen molar-refractivity contribution in [1.29, 1.82) is 0 Å². The Labute approximate surface area is 193 Å². The topological polar surface area (TPSA) is 52.7 Å². The van der Waals surface area contributed by atoms with Crippen molar-refractivity contribution in [2.75, 3.05) is 18.4 Å². The highest BCUT2D eigenvalue weighted by molar-refractivity contribution is 7.09. The molecule has 3 amide bonds. The van der Waals surface area contributed by atoms with Crippen molar-refractivity contribution in [3.8, 4) is 0 Å². The van der Waals surface area contributed by atoms with Gasteiger partial charge in [0.25, 0.3) is 0 Å². The van der Waals surface area contributed by atoms with Gasteiger partial charge in [-0.15, -0.1) is 17.9 Å². The van der Waals surface area contributed by atoms with Crippen molar-refractivity contribution in [3.63, 3.8) is 0 Å². The Hall–Kier alpha value is -3.59. The first kappa shape index (κ1) is 24.1. The molecule has 0 aliphatic rings. The maximum Gasteiger partial charge on any atom is 0.322 e. The van der Waals surface area contributed by atoms with Crippen LogP contribution >= 0.6 is 11.3 Å². The summed E-state index contributed by atoms with van der Waals surface area (Å²) in [6, 6.07) is 11.6. The monoisotopic (exact) mass is 473 g/mol. The number of anilines is 1. The van der Waals surface area contributed by atoms with E-state index < -0.39 is 17.7 Å². The van der Waals surface area contributed by atoms with Crippen LogP contribution in [-0.4, -0.2) is 34.8 Å². The third-order valence-electron chi connectivity index (χ3n) is 4.70. The number of thiophene rings is 1. The third-order valence-corrected chi connectivity index (χ3v) is 5.56. The number of rotatable bonds is 9. The van der Waals surface area contributed by atoms with Crippen LogP contribution in [0.25, 0.3) is 0 Å². The van der Waals surface area contributed by atoms with Crippen LogP contribution in [0.5, 0.6) is 0 Å². The van der Waals surface area contributed by atoms with E-state index in [0.717, 1.165) is 22.6 Å². The van der Waals surface area contributed by atoms with Crippen LogP contribution in [0, 0.1) is 17.5 Å². The number of amides is 3. The summed E-state index contributed by atoms with van der Waals surface area (Å²) < 4.78 is 40.4. The lowest BCUT2D eigenvalue weighted by Gasteiger charge is -2.27. The molecule has 0 radical (unpaired) electrons. The van der Waals surface area contributed by atoms with Gasteiger partial charge in [-0.2, -0.15) is 0 Å². The fraction of sp³-hybridized carbons (Fsp3) is 0.167. The van der Waals surface area contributed by atoms with Gasteiger partial charge in [-0.25, -0.2) is 18.0 Å². The smallest absolute Gasteiger partial charge is 0.322 e. The normalized spacial score (nSPS) is 10.5. The Kier molecular flexibility index (Phi) is 8.26. The Morgan fingerprint density at radius 2 is 1.70 bits per heavy atom.